The molecule has 1 heterocycles. The number of sulfonamides is 1. The van der Waals surface area contributed by atoms with E-state index < -0.39 is 20.9 Å². The number of hydrogen-bond acceptors (Lipinski definition) is 7. The van der Waals surface area contributed by atoms with Gasteiger partial charge in [-0.15, -0.1) is 5.10 Å². The summed E-state index contributed by atoms with van der Waals surface area (Å²) in [4.78, 5) is 23.5. The zero-order valence-corrected chi connectivity index (χ0v) is 18.6. The minimum atomic E-state index is -3.88. The number of nitro groups is 1. The summed E-state index contributed by atoms with van der Waals surface area (Å²) in [5.41, 5.74) is 0.958. The molecule has 0 radical (unpaired) electrons. The van der Waals surface area contributed by atoms with Gasteiger partial charge in [-0.1, -0.05) is 41.6 Å². The summed E-state index contributed by atoms with van der Waals surface area (Å²) in [6.45, 7) is 1.60. The normalized spacial score (nSPS) is 11.1. The van der Waals surface area contributed by atoms with Gasteiger partial charge in [0.2, 0.25) is 0 Å². The second-order valence-electron chi connectivity index (χ2n) is 7.13. The zero-order valence-electron chi connectivity index (χ0n) is 17.7. The third-order valence-electron chi connectivity index (χ3n) is 4.87. The zero-order chi connectivity index (χ0) is 24.3. The number of para-hydroxylation sites is 2. The predicted molar refractivity (Wildman–Crippen MR) is 124 cm³/mol. The molecule has 0 unspecified atom stereocenters. The average Bonchev–Trinajstić information content (AvgIpc) is 3.22. The first-order chi connectivity index (χ1) is 16.3. The Balaban J connectivity index is 1.59. The van der Waals surface area contributed by atoms with Crippen molar-refractivity contribution >= 4 is 33.0 Å². The van der Waals surface area contributed by atoms with Crippen molar-refractivity contribution < 1.29 is 18.1 Å². The number of rotatable bonds is 7. The Labute approximate surface area is 194 Å². The summed E-state index contributed by atoms with van der Waals surface area (Å²) in [5, 5.41) is 21.6. The van der Waals surface area contributed by atoms with Gasteiger partial charge in [0.05, 0.1) is 32.6 Å². The second kappa shape index (κ2) is 9.11. The molecule has 3 aromatic carbocycles. The lowest BCUT2D eigenvalue weighted by Gasteiger charge is -2.13. The topological polar surface area (TPSA) is 149 Å². The number of carbonyl (C=O) groups excluding carboxylic acids is 1. The van der Waals surface area contributed by atoms with Crippen LogP contribution in [0.15, 0.2) is 83.8 Å². The van der Waals surface area contributed by atoms with Crippen molar-refractivity contribution in [1.29, 1.82) is 0 Å². The van der Waals surface area contributed by atoms with Crippen molar-refractivity contribution in [3.8, 4) is 5.69 Å². The minimum Gasteiger partial charge on any atom is -0.319 e. The number of nitrogens with one attached hydrogen (secondary N) is 2. The number of amides is 1. The summed E-state index contributed by atoms with van der Waals surface area (Å²) < 4.78 is 29.2. The molecule has 11 nitrogen and oxygen atoms in total. The lowest BCUT2D eigenvalue weighted by molar-refractivity contribution is -0.384. The molecule has 0 saturated heterocycles. The van der Waals surface area contributed by atoms with E-state index in [1.807, 2.05) is 0 Å². The van der Waals surface area contributed by atoms with E-state index in [2.05, 4.69) is 20.4 Å². The average molecular weight is 478 g/mol. The van der Waals surface area contributed by atoms with Crippen molar-refractivity contribution in [3.05, 3.63) is 100 Å². The highest BCUT2D eigenvalue weighted by Gasteiger charge is 2.21. The van der Waals surface area contributed by atoms with Crippen LogP contribution in [0.3, 0.4) is 0 Å². The number of non-ortho nitro benzene ring substituents is 1. The maximum absolute atomic E-state index is 12.9. The van der Waals surface area contributed by atoms with E-state index >= 15 is 0 Å². The van der Waals surface area contributed by atoms with Crippen molar-refractivity contribution in [2.75, 3.05) is 10.0 Å². The third kappa shape index (κ3) is 4.61. The highest BCUT2D eigenvalue weighted by atomic mass is 32.2. The first kappa shape index (κ1) is 22.6. The Kier molecular flexibility index (Phi) is 6.06. The fraction of sp³-hybridized carbons (Fsp3) is 0.0455. The molecule has 12 heteroatoms. The van der Waals surface area contributed by atoms with Gasteiger partial charge in [-0.05, 0) is 37.3 Å². The van der Waals surface area contributed by atoms with E-state index in [0.717, 1.165) is 0 Å². The van der Waals surface area contributed by atoms with Crippen LogP contribution in [0.1, 0.15) is 16.2 Å². The van der Waals surface area contributed by atoms with Gasteiger partial charge in [0, 0.05) is 12.1 Å². The SMILES string of the molecule is Cc1c(C(=O)Nc2ccccc2NS(=O)(=O)c2ccccc2)nnn1-c1cccc([N+](=O)[O-])c1. The third-order valence-corrected chi connectivity index (χ3v) is 6.25. The number of carbonyl (C=O) groups is 1. The lowest BCUT2D eigenvalue weighted by atomic mass is 10.2. The molecule has 0 aliphatic heterocycles. The molecule has 0 atom stereocenters. The van der Waals surface area contributed by atoms with Crippen LogP contribution < -0.4 is 10.0 Å². The van der Waals surface area contributed by atoms with Crippen molar-refractivity contribution in [1.82, 2.24) is 15.0 Å². The van der Waals surface area contributed by atoms with Crippen molar-refractivity contribution in [3.63, 3.8) is 0 Å². The van der Waals surface area contributed by atoms with Gasteiger partial charge in [0.15, 0.2) is 5.69 Å². The summed E-state index contributed by atoms with van der Waals surface area (Å²) in [5.74, 6) is -0.625. The summed E-state index contributed by atoms with van der Waals surface area (Å²) in [7, 11) is -3.88. The Bertz CT molecular complexity index is 1480. The fourth-order valence-electron chi connectivity index (χ4n) is 3.19. The molecule has 34 heavy (non-hydrogen) atoms. The largest absolute Gasteiger partial charge is 0.319 e. The van der Waals surface area contributed by atoms with E-state index in [1.165, 1.54) is 41.1 Å². The molecule has 4 rings (SSSR count). The summed E-state index contributed by atoms with van der Waals surface area (Å²) >= 11 is 0. The number of benzene rings is 3. The van der Waals surface area contributed by atoms with Crippen molar-refractivity contribution in [2.45, 2.75) is 11.8 Å². The molecule has 0 bridgehead atoms. The fourth-order valence-corrected chi connectivity index (χ4v) is 4.29. The molecular weight excluding hydrogens is 460 g/mol. The quantitative estimate of drug-likeness (QED) is 0.305. The van der Waals surface area contributed by atoms with Crippen LogP contribution in [0, 0.1) is 17.0 Å². The molecule has 0 aliphatic carbocycles. The van der Waals surface area contributed by atoms with E-state index in [4.69, 9.17) is 0 Å². The van der Waals surface area contributed by atoms with E-state index in [1.54, 1.807) is 49.4 Å². The Morgan fingerprint density at radius 3 is 2.35 bits per heavy atom. The highest BCUT2D eigenvalue weighted by Crippen LogP contribution is 2.25. The standard InChI is InChI=1S/C22H18N6O5S/c1-15-21(24-26-27(15)16-8-7-9-17(14-16)28(30)31)22(29)23-19-12-5-6-13-20(19)25-34(32,33)18-10-3-2-4-11-18/h2-14,25H,1H3,(H,23,29). The van der Waals surface area contributed by atoms with Gasteiger partial charge < -0.3 is 5.32 Å². The summed E-state index contributed by atoms with van der Waals surface area (Å²) in [6.07, 6.45) is 0. The molecule has 2 N–H and O–H groups in total. The van der Waals surface area contributed by atoms with E-state index in [0.29, 0.717) is 11.4 Å². The maximum Gasteiger partial charge on any atom is 0.278 e. The molecule has 0 saturated carbocycles. The van der Waals surface area contributed by atoms with Crippen LogP contribution in [-0.2, 0) is 10.0 Å². The monoisotopic (exact) mass is 478 g/mol. The molecule has 1 aromatic heterocycles. The van der Waals surface area contributed by atoms with Crippen LogP contribution in [0.2, 0.25) is 0 Å². The van der Waals surface area contributed by atoms with Gasteiger partial charge in [-0.25, -0.2) is 13.1 Å². The number of anilines is 2. The van der Waals surface area contributed by atoms with Crippen LogP contribution in [0.4, 0.5) is 17.1 Å². The molecule has 4 aromatic rings. The van der Waals surface area contributed by atoms with Gasteiger partial charge in [-0.2, -0.15) is 0 Å². The highest BCUT2D eigenvalue weighted by molar-refractivity contribution is 7.92. The van der Waals surface area contributed by atoms with E-state index in [-0.39, 0.29) is 27.7 Å². The van der Waals surface area contributed by atoms with Gasteiger partial charge in [0.25, 0.3) is 21.6 Å². The Morgan fingerprint density at radius 1 is 0.971 bits per heavy atom. The second-order valence-corrected chi connectivity index (χ2v) is 8.81. The number of hydrogen-bond donors (Lipinski definition) is 2. The number of nitrogens with zero attached hydrogens (tertiary/aromatic N) is 4. The maximum atomic E-state index is 12.9. The Hall–Kier alpha value is -4.58. The smallest absolute Gasteiger partial charge is 0.278 e. The molecular formula is C22H18N6O5S. The van der Waals surface area contributed by atoms with Gasteiger partial charge >= 0.3 is 0 Å². The summed E-state index contributed by atoms with van der Waals surface area (Å²) in [6, 6.07) is 19.9. The van der Waals surface area contributed by atoms with Gasteiger partial charge in [-0.3, -0.25) is 19.6 Å². The minimum absolute atomic E-state index is 0.0211. The van der Waals surface area contributed by atoms with Crippen LogP contribution in [0.25, 0.3) is 5.69 Å². The van der Waals surface area contributed by atoms with E-state index in [9.17, 15) is 23.3 Å². The molecule has 1 amide bonds. The van der Waals surface area contributed by atoms with Crippen molar-refractivity contribution in [2.24, 2.45) is 0 Å². The first-order valence-corrected chi connectivity index (χ1v) is 11.4. The van der Waals surface area contributed by atoms with Crippen LogP contribution >= 0.6 is 0 Å². The van der Waals surface area contributed by atoms with Crippen LogP contribution in [0.5, 0.6) is 0 Å². The Morgan fingerprint density at radius 2 is 1.65 bits per heavy atom. The molecule has 172 valence electrons. The predicted octanol–water partition coefficient (Wildman–Crippen LogP) is 3.54. The van der Waals surface area contributed by atoms with Gasteiger partial charge in [0.1, 0.15) is 0 Å². The molecule has 0 aliphatic rings. The number of aromatic nitrogens is 3. The molecule has 0 fully saturated rings. The van der Waals surface area contributed by atoms with Crippen LogP contribution in [-0.4, -0.2) is 34.2 Å². The number of nitro benzene ring substituents is 1. The first-order valence-electron chi connectivity index (χ1n) is 9.91. The lowest BCUT2D eigenvalue weighted by Crippen LogP contribution is -2.18. The molecule has 0 spiro atoms.